The average Bonchev–Trinajstić information content (AvgIpc) is 2.73. The normalized spacial score (nSPS) is 16.2. The van der Waals surface area contributed by atoms with Crippen LogP contribution in [0.3, 0.4) is 0 Å². The number of nitrogens with one attached hydrogen (secondary N) is 1. The number of benzene rings is 2. The van der Waals surface area contributed by atoms with Gasteiger partial charge in [0.1, 0.15) is 5.82 Å². The second kappa shape index (κ2) is 6.27. The van der Waals surface area contributed by atoms with E-state index in [2.05, 4.69) is 41.4 Å². The van der Waals surface area contributed by atoms with E-state index in [0.717, 1.165) is 31.6 Å². The summed E-state index contributed by atoms with van der Waals surface area (Å²) in [4.78, 5) is 2.34. The number of halogens is 1. The summed E-state index contributed by atoms with van der Waals surface area (Å²) < 4.78 is 14.2. The molecule has 2 aromatic rings. The van der Waals surface area contributed by atoms with Crippen LogP contribution in [0.4, 0.5) is 10.1 Å². The molecular formula is C18H21FN2. The highest BCUT2D eigenvalue weighted by atomic mass is 19.1. The topological polar surface area (TPSA) is 15.3 Å². The lowest BCUT2D eigenvalue weighted by atomic mass is 10.0. The summed E-state index contributed by atoms with van der Waals surface area (Å²) in [6, 6.07) is 15.6. The van der Waals surface area contributed by atoms with Crippen molar-refractivity contribution in [2.24, 2.45) is 0 Å². The molecule has 2 aromatic carbocycles. The molecule has 3 heteroatoms. The Labute approximate surface area is 125 Å². The predicted octanol–water partition coefficient (Wildman–Crippen LogP) is 3.89. The van der Waals surface area contributed by atoms with E-state index < -0.39 is 0 Å². The van der Waals surface area contributed by atoms with Crippen molar-refractivity contribution < 1.29 is 4.39 Å². The third-order valence-electron chi connectivity index (χ3n) is 4.17. The van der Waals surface area contributed by atoms with E-state index in [1.807, 2.05) is 12.1 Å². The molecule has 0 radical (unpaired) electrons. The molecule has 1 aliphatic rings. The van der Waals surface area contributed by atoms with Gasteiger partial charge in [-0.1, -0.05) is 43.3 Å². The van der Waals surface area contributed by atoms with Crippen LogP contribution < -0.4 is 10.2 Å². The van der Waals surface area contributed by atoms with Gasteiger partial charge in [-0.2, -0.15) is 0 Å². The Morgan fingerprint density at radius 1 is 1.14 bits per heavy atom. The molecule has 1 aliphatic heterocycles. The SMILES string of the molecule is CCC(c1ccccc1F)N1CCNCc2ccccc21. The van der Waals surface area contributed by atoms with E-state index in [4.69, 9.17) is 0 Å². The van der Waals surface area contributed by atoms with Gasteiger partial charge in [-0.05, 0) is 24.1 Å². The maximum atomic E-state index is 14.2. The smallest absolute Gasteiger partial charge is 0.128 e. The summed E-state index contributed by atoms with van der Waals surface area (Å²) in [5.74, 6) is -0.112. The van der Waals surface area contributed by atoms with Crippen molar-refractivity contribution >= 4 is 5.69 Å². The van der Waals surface area contributed by atoms with Crippen molar-refractivity contribution in [2.45, 2.75) is 25.9 Å². The maximum absolute atomic E-state index is 14.2. The number of nitrogens with zero attached hydrogens (tertiary/aromatic N) is 1. The van der Waals surface area contributed by atoms with Gasteiger partial charge in [-0.25, -0.2) is 4.39 Å². The number of rotatable bonds is 3. The summed E-state index contributed by atoms with van der Waals surface area (Å²) in [6.45, 7) is 4.81. The van der Waals surface area contributed by atoms with Crippen LogP contribution in [-0.4, -0.2) is 13.1 Å². The molecule has 0 saturated carbocycles. The van der Waals surface area contributed by atoms with Gasteiger partial charge in [0.15, 0.2) is 0 Å². The molecule has 1 atom stereocenters. The minimum absolute atomic E-state index is 0.0762. The highest BCUT2D eigenvalue weighted by molar-refractivity contribution is 5.56. The van der Waals surface area contributed by atoms with Crippen LogP contribution in [0.25, 0.3) is 0 Å². The molecule has 0 saturated heterocycles. The predicted molar refractivity (Wildman–Crippen MR) is 84.9 cm³/mol. The Kier molecular flexibility index (Phi) is 4.20. The van der Waals surface area contributed by atoms with Gasteiger partial charge in [0.2, 0.25) is 0 Å². The summed E-state index contributed by atoms with van der Waals surface area (Å²) in [5.41, 5.74) is 3.29. The third-order valence-corrected chi connectivity index (χ3v) is 4.17. The van der Waals surface area contributed by atoms with Crippen molar-refractivity contribution in [2.75, 3.05) is 18.0 Å². The Balaban J connectivity index is 2.03. The summed E-state index contributed by atoms with van der Waals surface area (Å²) in [6.07, 6.45) is 0.884. The van der Waals surface area contributed by atoms with E-state index in [0.29, 0.717) is 0 Å². The highest BCUT2D eigenvalue weighted by Gasteiger charge is 2.24. The largest absolute Gasteiger partial charge is 0.363 e. The molecule has 0 bridgehead atoms. The van der Waals surface area contributed by atoms with Gasteiger partial charge >= 0.3 is 0 Å². The number of fused-ring (bicyclic) bond motifs is 1. The molecule has 1 unspecified atom stereocenters. The van der Waals surface area contributed by atoms with Gasteiger partial charge < -0.3 is 10.2 Å². The lowest BCUT2D eigenvalue weighted by Gasteiger charge is -2.33. The van der Waals surface area contributed by atoms with Gasteiger partial charge in [-0.15, -0.1) is 0 Å². The molecule has 21 heavy (non-hydrogen) atoms. The lowest BCUT2D eigenvalue weighted by molar-refractivity contribution is 0.541. The van der Waals surface area contributed by atoms with Gasteiger partial charge in [0.25, 0.3) is 0 Å². The fourth-order valence-electron chi connectivity index (χ4n) is 3.16. The zero-order valence-corrected chi connectivity index (χ0v) is 12.3. The minimum Gasteiger partial charge on any atom is -0.363 e. The lowest BCUT2D eigenvalue weighted by Crippen LogP contribution is -2.33. The molecular weight excluding hydrogens is 263 g/mol. The molecule has 1 N–H and O–H groups in total. The standard InChI is InChI=1S/C18H21FN2/c1-2-17(15-8-4-5-9-16(15)19)21-12-11-20-13-14-7-3-6-10-18(14)21/h3-10,17,20H,2,11-13H2,1H3. The first-order valence-corrected chi connectivity index (χ1v) is 7.61. The number of para-hydroxylation sites is 1. The van der Waals surface area contributed by atoms with Crippen molar-refractivity contribution in [3.63, 3.8) is 0 Å². The molecule has 0 spiro atoms. The van der Waals surface area contributed by atoms with Gasteiger partial charge in [0, 0.05) is 30.9 Å². The van der Waals surface area contributed by atoms with Crippen molar-refractivity contribution in [1.82, 2.24) is 5.32 Å². The fourth-order valence-corrected chi connectivity index (χ4v) is 3.16. The highest BCUT2D eigenvalue weighted by Crippen LogP contribution is 2.33. The monoisotopic (exact) mass is 284 g/mol. The fraction of sp³-hybridized carbons (Fsp3) is 0.333. The van der Waals surface area contributed by atoms with E-state index >= 15 is 0 Å². The molecule has 2 nitrogen and oxygen atoms in total. The average molecular weight is 284 g/mol. The van der Waals surface area contributed by atoms with Crippen molar-refractivity contribution in [3.8, 4) is 0 Å². The van der Waals surface area contributed by atoms with E-state index in [1.54, 1.807) is 12.1 Å². The molecule has 110 valence electrons. The summed E-state index contributed by atoms with van der Waals surface area (Å²) in [5, 5.41) is 3.44. The van der Waals surface area contributed by atoms with E-state index in [1.165, 1.54) is 11.3 Å². The van der Waals surface area contributed by atoms with Crippen LogP contribution >= 0.6 is 0 Å². The van der Waals surface area contributed by atoms with Crippen LogP contribution in [0.5, 0.6) is 0 Å². The maximum Gasteiger partial charge on any atom is 0.128 e. The van der Waals surface area contributed by atoms with Crippen LogP contribution in [-0.2, 0) is 6.54 Å². The number of hydrogen-bond donors (Lipinski definition) is 1. The molecule has 3 rings (SSSR count). The van der Waals surface area contributed by atoms with Crippen molar-refractivity contribution in [1.29, 1.82) is 0 Å². The third kappa shape index (κ3) is 2.79. The van der Waals surface area contributed by atoms with Crippen LogP contribution in [0, 0.1) is 5.82 Å². The summed E-state index contributed by atoms with van der Waals surface area (Å²) in [7, 11) is 0. The number of hydrogen-bond acceptors (Lipinski definition) is 2. The molecule has 1 heterocycles. The van der Waals surface area contributed by atoms with E-state index in [9.17, 15) is 4.39 Å². The van der Waals surface area contributed by atoms with Crippen LogP contribution in [0.15, 0.2) is 48.5 Å². The zero-order valence-electron chi connectivity index (χ0n) is 12.3. The molecule has 0 aromatic heterocycles. The van der Waals surface area contributed by atoms with Crippen LogP contribution in [0.1, 0.15) is 30.5 Å². The molecule has 0 fully saturated rings. The van der Waals surface area contributed by atoms with E-state index in [-0.39, 0.29) is 11.9 Å². The Hall–Kier alpha value is -1.87. The Morgan fingerprint density at radius 3 is 2.71 bits per heavy atom. The van der Waals surface area contributed by atoms with Gasteiger partial charge in [-0.3, -0.25) is 0 Å². The van der Waals surface area contributed by atoms with Gasteiger partial charge in [0.05, 0.1) is 6.04 Å². The van der Waals surface area contributed by atoms with Crippen molar-refractivity contribution in [3.05, 3.63) is 65.5 Å². The first-order valence-electron chi connectivity index (χ1n) is 7.61. The summed E-state index contributed by atoms with van der Waals surface area (Å²) >= 11 is 0. The molecule has 0 amide bonds. The zero-order chi connectivity index (χ0) is 14.7. The first-order chi connectivity index (χ1) is 10.3. The van der Waals surface area contributed by atoms with Crippen LogP contribution in [0.2, 0.25) is 0 Å². The quantitative estimate of drug-likeness (QED) is 0.920. The first kappa shape index (κ1) is 14.1. The Bertz CT molecular complexity index is 612. The minimum atomic E-state index is -0.112. The second-order valence-corrected chi connectivity index (χ2v) is 5.44. The Morgan fingerprint density at radius 2 is 1.90 bits per heavy atom. The number of anilines is 1. The second-order valence-electron chi connectivity index (χ2n) is 5.44. The molecule has 0 aliphatic carbocycles.